The number of benzene rings is 1. The van der Waals surface area contributed by atoms with Crippen molar-refractivity contribution in [3.8, 4) is 0 Å². The molecule has 0 aliphatic carbocycles. The molecule has 1 rings (SSSR count). The van der Waals surface area contributed by atoms with Crippen LogP contribution in [0.25, 0.3) is 0 Å². The summed E-state index contributed by atoms with van der Waals surface area (Å²) >= 11 is 1.69. The van der Waals surface area contributed by atoms with Crippen LogP contribution in [-0.2, 0) is 6.18 Å². The molecule has 5 heteroatoms. The highest BCUT2D eigenvalue weighted by Gasteiger charge is 2.29. The highest BCUT2D eigenvalue weighted by atomic mass is 32.2. The summed E-state index contributed by atoms with van der Waals surface area (Å²) in [7, 11) is 0. The first-order chi connectivity index (χ1) is 7.04. The molecule has 0 fully saturated rings. The van der Waals surface area contributed by atoms with E-state index in [1.54, 1.807) is 11.8 Å². The van der Waals surface area contributed by atoms with E-state index in [-0.39, 0.29) is 0 Å². The van der Waals surface area contributed by atoms with Gasteiger partial charge in [0.25, 0.3) is 0 Å². The second-order valence-corrected chi connectivity index (χ2v) is 3.98. The lowest BCUT2D eigenvalue weighted by Gasteiger charge is -2.08. The standard InChI is InChI=1S/C10H12F3NS/c1-15-7-6-14-9-4-2-8(3-5-9)10(11,12)13/h2-5,14H,6-7H2,1H3. The average molecular weight is 235 g/mol. The van der Waals surface area contributed by atoms with Crippen LogP contribution in [0.1, 0.15) is 5.56 Å². The summed E-state index contributed by atoms with van der Waals surface area (Å²) < 4.78 is 36.6. The van der Waals surface area contributed by atoms with Gasteiger partial charge < -0.3 is 5.32 Å². The minimum absolute atomic E-state index is 0.613. The van der Waals surface area contributed by atoms with Crippen molar-refractivity contribution < 1.29 is 13.2 Å². The Kier molecular flexibility index (Phi) is 4.32. The Balaban J connectivity index is 2.57. The third-order valence-corrected chi connectivity index (χ3v) is 2.46. The van der Waals surface area contributed by atoms with Crippen LogP contribution in [-0.4, -0.2) is 18.6 Å². The van der Waals surface area contributed by atoms with Crippen molar-refractivity contribution in [2.75, 3.05) is 23.9 Å². The van der Waals surface area contributed by atoms with Gasteiger partial charge in [0.2, 0.25) is 0 Å². The van der Waals surface area contributed by atoms with Crippen LogP contribution in [0.15, 0.2) is 24.3 Å². The molecule has 0 aliphatic heterocycles. The van der Waals surface area contributed by atoms with Crippen molar-refractivity contribution in [1.82, 2.24) is 0 Å². The Labute approximate surface area is 91.1 Å². The first-order valence-corrected chi connectivity index (χ1v) is 5.83. The Hall–Kier alpha value is -0.840. The first-order valence-electron chi connectivity index (χ1n) is 4.44. The molecular formula is C10H12F3NS. The zero-order valence-corrected chi connectivity index (χ0v) is 9.08. The van der Waals surface area contributed by atoms with Gasteiger partial charge in [-0.25, -0.2) is 0 Å². The second-order valence-electron chi connectivity index (χ2n) is 2.99. The zero-order chi connectivity index (χ0) is 11.3. The van der Waals surface area contributed by atoms with Crippen molar-refractivity contribution in [1.29, 1.82) is 0 Å². The van der Waals surface area contributed by atoms with E-state index in [0.29, 0.717) is 0 Å². The van der Waals surface area contributed by atoms with Gasteiger partial charge in [-0.05, 0) is 30.5 Å². The van der Waals surface area contributed by atoms with E-state index in [1.165, 1.54) is 12.1 Å². The van der Waals surface area contributed by atoms with E-state index in [2.05, 4.69) is 5.32 Å². The molecule has 1 nitrogen and oxygen atoms in total. The van der Waals surface area contributed by atoms with Gasteiger partial charge in [-0.15, -0.1) is 0 Å². The SMILES string of the molecule is CSCCNc1ccc(C(F)(F)F)cc1. The number of alkyl halides is 3. The predicted octanol–water partition coefficient (Wildman–Crippen LogP) is 3.48. The van der Waals surface area contributed by atoms with E-state index >= 15 is 0 Å². The van der Waals surface area contributed by atoms with Gasteiger partial charge in [0.15, 0.2) is 0 Å². The fourth-order valence-electron chi connectivity index (χ4n) is 1.07. The molecule has 0 atom stereocenters. The Morgan fingerprint density at radius 3 is 2.27 bits per heavy atom. The molecule has 84 valence electrons. The highest BCUT2D eigenvalue weighted by Crippen LogP contribution is 2.29. The van der Waals surface area contributed by atoms with Crippen molar-refractivity contribution >= 4 is 17.4 Å². The Morgan fingerprint density at radius 1 is 1.20 bits per heavy atom. The largest absolute Gasteiger partial charge is 0.416 e. The van der Waals surface area contributed by atoms with Crippen LogP contribution in [0.3, 0.4) is 0 Å². The van der Waals surface area contributed by atoms with E-state index in [4.69, 9.17) is 0 Å². The van der Waals surface area contributed by atoms with Crippen LogP contribution in [0, 0.1) is 0 Å². The summed E-state index contributed by atoms with van der Waals surface area (Å²) in [6, 6.07) is 5.06. The number of halogens is 3. The molecule has 0 unspecified atom stereocenters. The molecule has 0 bridgehead atoms. The van der Waals surface area contributed by atoms with Gasteiger partial charge >= 0.3 is 6.18 Å². The molecule has 0 aromatic heterocycles. The molecule has 0 spiro atoms. The first kappa shape index (κ1) is 12.2. The predicted molar refractivity (Wildman–Crippen MR) is 58.3 cm³/mol. The lowest BCUT2D eigenvalue weighted by atomic mass is 10.2. The molecule has 15 heavy (non-hydrogen) atoms. The third kappa shape index (κ3) is 4.03. The quantitative estimate of drug-likeness (QED) is 0.802. The monoisotopic (exact) mass is 235 g/mol. The molecule has 1 aromatic carbocycles. The van der Waals surface area contributed by atoms with Gasteiger partial charge in [-0.1, -0.05) is 0 Å². The van der Waals surface area contributed by atoms with Crippen LogP contribution < -0.4 is 5.32 Å². The molecule has 1 aromatic rings. The van der Waals surface area contributed by atoms with Gasteiger partial charge in [-0.2, -0.15) is 24.9 Å². The Morgan fingerprint density at radius 2 is 1.80 bits per heavy atom. The molecule has 0 radical (unpaired) electrons. The summed E-state index contributed by atoms with van der Waals surface area (Å²) in [4.78, 5) is 0. The fraction of sp³-hybridized carbons (Fsp3) is 0.400. The van der Waals surface area contributed by atoms with Crippen molar-refractivity contribution in [3.05, 3.63) is 29.8 Å². The molecule has 0 heterocycles. The Bertz CT molecular complexity index is 295. The van der Waals surface area contributed by atoms with Crippen LogP contribution in [0.5, 0.6) is 0 Å². The number of nitrogens with one attached hydrogen (secondary N) is 1. The average Bonchev–Trinajstić information content (AvgIpc) is 2.18. The zero-order valence-electron chi connectivity index (χ0n) is 8.27. The van der Waals surface area contributed by atoms with E-state index < -0.39 is 11.7 Å². The van der Waals surface area contributed by atoms with E-state index in [1.807, 2.05) is 6.26 Å². The van der Waals surface area contributed by atoms with Crippen molar-refractivity contribution in [2.24, 2.45) is 0 Å². The summed E-state index contributed by atoms with van der Waals surface area (Å²) in [5, 5.41) is 3.04. The lowest BCUT2D eigenvalue weighted by molar-refractivity contribution is -0.137. The number of hydrogen-bond acceptors (Lipinski definition) is 2. The summed E-state index contributed by atoms with van der Waals surface area (Å²) in [6.07, 6.45) is -2.27. The molecule has 0 saturated carbocycles. The van der Waals surface area contributed by atoms with Gasteiger partial charge in [0, 0.05) is 18.0 Å². The van der Waals surface area contributed by atoms with Gasteiger partial charge in [0.1, 0.15) is 0 Å². The van der Waals surface area contributed by atoms with Crippen molar-refractivity contribution in [3.63, 3.8) is 0 Å². The lowest BCUT2D eigenvalue weighted by Crippen LogP contribution is -2.06. The number of hydrogen-bond donors (Lipinski definition) is 1. The number of thioether (sulfide) groups is 1. The maximum Gasteiger partial charge on any atom is 0.416 e. The van der Waals surface area contributed by atoms with Gasteiger partial charge in [0.05, 0.1) is 5.56 Å². The number of anilines is 1. The van der Waals surface area contributed by atoms with Gasteiger partial charge in [-0.3, -0.25) is 0 Å². The summed E-state index contributed by atoms with van der Waals surface area (Å²) in [6.45, 7) is 0.756. The number of rotatable bonds is 4. The smallest absolute Gasteiger partial charge is 0.384 e. The fourth-order valence-corrected chi connectivity index (χ4v) is 1.38. The molecule has 1 N–H and O–H groups in total. The minimum Gasteiger partial charge on any atom is -0.384 e. The molecule has 0 saturated heterocycles. The molecule has 0 aliphatic rings. The summed E-state index contributed by atoms with van der Waals surface area (Å²) in [5.74, 6) is 0.932. The summed E-state index contributed by atoms with van der Waals surface area (Å²) in [5.41, 5.74) is 0.106. The second kappa shape index (κ2) is 5.30. The molecule has 0 amide bonds. The van der Waals surface area contributed by atoms with Crippen LogP contribution in [0.4, 0.5) is 18.9 Å². The highest BCUT2D eigenvalue weighted by molar-refractivity contribution is 7.98. The topological polar surface area (TPSA) is 12.0 Å². The van der Waals surface area contributed by atoms with Crippen molar-refractivity contribution in [2.45, 2.75) is 6.18 Å². The normalized spacial score (nSPS) is 11.5. The maximum atomic E-state index is 12.2. The van der Waals surface area contributed by atoms with E-state index in [0.717, 1.165) is 30.1 Å². The van der Waals surface area contributed by atoms with Crippen LogP contribution >= 0.6 is 11.8 Å². The molecular weight excluding hydrogens is 223 g/mol. The maximum absolute atomic E-state index is 12.2. The minimum atomic E-state index is -4.25. The van der Waals surface area contributed by atoms with E-state index in [9.17, 15) is 13.2 Å². The third-order valence-electron chi connectivity index (χ3n) is 1.85. The van der Waals surface area contributed by atoms with Crippen LogP contribution in [0.2, 0.25) is 0 Å².